The molecule has 25 heavy (non-hydrogen) atoms. The number of hydrogen-bond acceptors (Lipinski definition) is 4. The zero-order chi connectivity index (χ0) is 19.0. The van der Waals surface area contributed by atoms with Crippen molar-refractivity contribution in [2.75, 3.05) is 29.0 Å². The van der Waals surface area contributed by atoms with Gasteiger partial charge in [-0.25, -0.2) is 16.8 Å². The van der Waals surface area contributed by atoms with Crippen molar-refractivity contribution in [3.63, 3.8) is 0 Å². The average molecular weight is 383 g/mol. The van der Waals surface area contributed by atoms with Crippen LogP contribution in [0.4, 0.5) is 11.4 Å². The van der Waals surface area contributed by atoms with Gasteiger partial charge in [0.1, 0.15) is 0 Å². The molecule has 6 nitrogen and oxygen atoms in total. The molecule has 0 unspecified atom stereocenters. The van der Waals surface area contributed by atoms with E-state index in [0.29, 0.717) is 16.9 Å². The highest BCUT2D eigenvalue weighted by Gasteiger charge is 2.23. The lowest BCUT2D eigenvalue weighted by atomic mass is 10.2. The third-order valence-corrected chi connectivity index (χ3v) is 7.19. The molecule has 0 radical (unpaired) electrons. The molecule has 0 saturated heterocycles. The van der Waals surface area contributed by atoms with Crippen LogP contribution in [0.2, 0.25) is 0 Å². The summed E-state index contributed by atoms with van der Waals surface area (Å²) in [5, 5.41) is 0. The summed E-state index contributed by atoms with van der Waals surface area (Å²) in [6.45, 7) is 3.67. The molecule has 0 bridgehead atoms. The van der Waals surface area contributed by atoms with Gasteiger partial charge in [0.05, 0.1) is 22.5 Å². The van der Waals surface area contributed by atoms with Gasteiger partial charge in [-0.3, -0.25) is 8.61 Å². The maximum atomic E-state index is 12.9. The van der Waals surface area contributed by atoms with Gasteiger partial charge in [-0.05, 0) is 49.7 Å². The number of anilines is 2. The van der Waals surface area contributed by atoms with E-state index in [1.807, 2.05) is 13.0 Å². The van der Waals surface area contributed by atoms with Crippen molar-refractivity contribution >= 4 is 31.4 Å². The van der Waals surface area contributed by atoms with E-state index < -0.39 is 20.0 Å². The van der Waals surface area contributed by atoms with E-state index in [1.54, 1.807) is 43.3 Å². The Morgan fingerprint density at radius 1 is 0.760 bits per heavy atom. The quantitative estimate of drug-likeness (QED) is 0.796. The summed E-state index contributed by atoms with van der Waals surface area (Å²) >= 11 is 0. The molecular formula is C17H22N2O4S2. The molecule has 2 aromatic rings. The van der Waals surface area contributed by atoms with Crippen molar-refractivity contribution in [3.8, 4) is 0 Å². The van der Waals surface area contributed by atoms with Crippen molar-refractivity contribution in [2.24, 2.45) is 0 Å². The lowest BCUT2D eigenvalue weighted by Gasteiger charge is -2.22. The fourth-order valence-electron chi connectivity index (χ4n) is 2.44. The van der Waals surface area contributed by atoms with Crippen molar-refractivity contribution in [1.82, 2.24) is 0 Å². The highest BCUT2D eigenvalue weighted by molar-refractivity contribution is 7.93. The van der Waals surface area contributed by atoms with E-state index >= 15 is 0 Å². The first kappa shape index (κ1) is 19.3. The minimum Gasteiger partial charge on any atom is -0.274 e. The fourth-order valence-corrected chi connectivity index (χ4v) is 4.34. The summed E-state index contributed by atoms with van der Waals surface area (Å²) in [5.74, 6) is 0. The zero-order valence-corrected chi connectivity index (χ0v) is 16.5. The van der Waals surface area contributed by atoms with Crippen LogP contribution in [0.1, 0.15) is 11.1 Å². The lowest BCUT2D eigenvalue weighted by molar-refractivity contribution is 0.593. The molecule has 0 heterocycles. The molecule has 0 saturated carbocycles. The van der Waals surface area contributed by atoms with E-state index in [2.05, 4.69) is 0 Å². The van der Waals surface area contributed by atoms with Gasteiger partial charge in [-0.2, -0.15) is 0 Å². The molecule has 0 amide bonds. The topological polar surface area (TPSA) is 74.8 Å². The average Bonchev–Trinajstić information content (AvgIpc) is 2.52. The normalized spacial score (nSPS) is 12.0. The van der Waals surface area contributed by atoms with Gasteiger partial charge in [0.15, 0.2) is 0 Å². The summed E-state index contributed by atoms with van der Waals surface area (Å²) in [6, 6.07) is 11.5. The second-order valence-electron chi connectivity index (χ2n) is 5.99. The molecule has 0 aliphatic rings. The van der Waals surface area contributed by atoms with Crippen LogP contribution in [0.5, 0.6) is 0 Å². The highest BCUT2D eigenvalue weighted by atomic mass is 32.2. The Balaban J connectivity index is 2.38. The SMILES string of the molecule is Cc1ccc(S(=O)(=O)N(C)c2ccc(N(C)S(C)(=O)=O)cc2)c(C)c1. The maximum Gasteiger partial charge on any atom is 0.264 e. The van der Waals surface area contributed by atoms with Gasteiger partial charge in [-0.1, -0.05) is 17.7 Å². The van der Waals surface area contributed by atoms with Crippen LogP contribution < -0.4 is 8.61 Å². The van der Waals surface area contributed by atoms with Gasteiger partial charge >= 0.3 is 0 Å². The molecule has 2 rings (SSSR count). The summed E-state index contributed by atoms with van der Waals surface area (Å²) < 4.78 is 51.2. The lowest BCUT2D eigenvalue weighted by Crippen LogP contribution is -2.27. The predicted octanol–water partition coefficient (Wildman–Crippen LogP) is 2.52. The zero-order valence-electron chi connectivity index (χ0n) is 14.9. The highest BCUT2D eigenvalue weighted by Crippen LogP contribution is 2.27. The Labute approximate surface area is 149 Å². The van der Waals surface area contributed by atoms with Crippen LogP contribution in [0.15, 0.2) is 47.4 Å². The van der Waals surface area contributed by atoms with Crippen LogP contribution in [0.3, 0.4) is 0 Å². The molecule has 0 fully saturated rings. The number of nitrogens with zero attached hydrogens (tertiary/aromatic N) is 2. The first-order chi connectivity index (χ1) is 11.4. The van der Waals surface area contributed by atoms with E-state index in [0.717, 1.165) is 16.1 Å². The molecule has 2 aromatic carbocycles. The molecule has 0 N–H and O–H groups in total. The van der Waals surface area contributed by atoms with Crippen molar-refractivity contribution < 1.29 is 16.8 Å². The third kappa shape index (κ3) is 3.96. The Hall–Kier alpha value is -2.06. The van der Waals surface area contributed by atoms with E-state index in [9.17, 15) is 16.8 Å². The van der Waals surface area contributed by atoms with Crippen molar-refractivity contribution in [3.05, 3.63) is 53.6 Å². The maximum absolute atomic E-state index is 12.9. The van der Waals surface area contributed by atoms with Crippen LogP contribution in [0.25, 0.3) is 0 Å². The van der Waals surface area contributed by atoms with E-state index in [-0.39, 0.29) is 4.90 Å². The first-order valence-corrected chi connectivity index (χ1v) is 10.8. The van der Waals surface area contributed by atoms with Crippen LogP contribution in [0, 0.1) is 13.8 Å². The van der Waals surface area contributed by atoms with Gasteiger partial charge in [0, 0.05) is 14.1 Å². The largest absolute Gasteiger partial charge is 0.274 e. The molecule has 0 aromatic heterocycles. The molecule has 0 aliphatic carbocycles. The first-order valence-electron chi connectivity index (χ1n) is 7.55. The number of hydrogen-bond donors (Lipinski definition) is 0. The van der Waals surface area contributed by atoms with Gasteiger partial charge in [0.2, 0.25) is 10.0 Å². The summed E-state index contributed by atoms with van der Waals surface area (Å²) in [6.07, 6.45) is 1.11. The summed E-state index contributed by atoms with van der Waals surface area (Å²) in [7, 11) is -4.15. The fraction of sp³-hybridized carbons (Fsp3) is 0.294. The third-order valence-electron chi connectivity index (χ3n) is 4.04. The van der Waals surface area contributed by atoms with Crippen LogP contribution in [-0.4, -0.2) is 37.2 Å². The number of sulfonamides is 2. The van der Waals surface area contributed by atoms with Gasteiger partial charge in [-0.15, -0.1) is 0 Å². The number of aryl methyl sites for hydroxylation is 2. The minimum absolute atomic E-state index is 0.248. The second kappa shape index (κ2) is 6.68. The van der Waals surface area contributed by atoms with Crippen molar-refractivity contribution in [1.29, 1.82) is 0 Å². The molecular weight excluding hydrogens is 360 g/mol. The minimum atomic E-state index is -3.70. The summed E-state index contributed by atoms with van der Waals surface area (Å²) in [5.41, 5.74) is 2.58. The summed E-state index contributed by atoms with van der Waals surface area (Å²) in [4.78, 5) is 0.248. The second-order valence-corrected chi connectivity index (χ2v) is 9.94. The number of rotatable bonds is 5. The Morgan fingerprint density at radius 3 is 1.68 bits per heavy atom. The Morgan fingerprint density at radius 2 is 1.24 bits per heavy atom. The smallest absolute Gasteiger partial charge is 0.264 e. The monoisotopic (exact) mass is 382 g/mol. The molecule has 136 valence electrons. The Kier molecular flexibility index (Phi) is 5.15. The molecule has 0 atom stereocenters. The molecule has 0 spiro atoms. The van der Waals surface area contributed by atoms with E-state index in [1.165, 1.54) is 18.4 Å². The van der Waals surface area contributed by atoms with E-state index in [4.69, 9.17) is 0 Å². The number of benzene rings is 2. The van der Waals surface area contributed by atoms with Gasteiger partial charge < -0.3 is 0 Å². The predicted molar refractivity (Wildman–Crippen MR) is 101 cm³/mol. The van der Waals surface area contributed by atoms with Crippen molar-refractivity contribution in [2.45, 2.75) is 18.7 Å². The Bertz CT molecular complexity index is 982. The van der Waals surface area contributed by atoms with Crippen LogP contribution >= 0.6 is 0 Å². The molecule has 8 heteroatoms. The van der Waals surface area contributed by atoms with Gasteiger partial charge in [0.25, 0.3) is 10.0 Å². The standard InChI is InChI=1S/C17H22N2O4S2/c1-13-6-11-17(14(2)12-13)25(22,23)19(4)16-9-7-15(8-10-16)18(3)24(5,20)21/h6-12H,1-5H3. The molecule has 0 aliphatic heterocycles. The van der Waals surface area contributed by atoms with Crippen LogP contribution in [-0.2, 0) is 20.0 Å².